The van der Waals surface area contributed by atoms with E-state index in [2.05, 4.69) is 15.9 Å². The van der Waals surface area contributed by atoms with Gasteiger partial charge in [0.05, 0.1) is 58.9 Å². The van der Waals surface area contributed by atoms with E-state index >= 15 is 0 Å². The zero-order valence-corrected chi connectivity index (χ0v) is 24.4. The first-order chi connectivity index (χ1) is 17.5. The van der Waals surface area contributed by atoms with Crippen LogP contribution in [0.3, 0.4) is 0 Å². The Kier molecular flexibility index (Phi) is 7.12. The maximum Gasteiger partial charge on any atom is 0.264 e. The minimum absolute atomic E-state index is 0.164. The molecule has 2 atom stereocenters. The summed E-state index contributed by atoms with van der Waals surface area (Å²) in [6.45, 7) is 0. The maximum atomic E-state index is 13.6. The van der Waals surface area contributed by atoms with Gasteiger partial charge in [0.2, 0.25) is 0 Å². The molecule has 0 aromatic heterocycles. The lowest BCUT2D eigenvalue weighted by molar-refractivity contribution is -0.130. The topological polar surface area (TPSA) is 66.9 Å². The van der Waals surface area contributed by atoms with Crippen LogP contribution in [-0.4, -0.2) is 35.8 Å². The number of hydrogen-bond donors (Lipinski definition) is 0. The van der Waals surface area contributed by atoms with Crippen molar-refractivity contribution in [1.82, 2.24) is 4.90 Å². The van der Waals surface area contributed by atoms with Gasteiger partial charge in [-0.05, 0) is 51.8 Å². The molecule has 2 aliphatic rings. The number of halogens is 7. The Bertz CT molecular complexity index is 1500. The summed E-state index contributed by atoms with van der Waals surface area (Å²) in [5, 5.41) is -0.232. The van der Waals surface area contributed by atoms with E-state index in [0.717, 1.165) is 4.90 Å². The van der Waals surface area contributed by atoms with Crippen LogP contribution in [0.5, 0.6) is 5.75 Å². The number of methoxy groups -OCH3 is 1. The van der Waals surface area contributed by atoms with Crippen LogP contribution in [0.4, 0.5) is 5.69 Å². The Hall–Kier alpha value is -1.71. The fourth-order valence-electron chi connectivity index (χ4n) is 4.47. The number of anilines is 1. The maximum absolute atomic E-state index is 13.6. The molecule has 0 unspecified atom stereocenters. The number of benzene rings is 3. The molecule has 3 aromatic carbocycles. The van der Waals surface area contributed by atoms with Crippen molar-refractivity contribution in [2.45, 2.75) is 12.1 Å². The second-order valence-corrected chi connectivity index (χ2v) is 11.3. The smallest absolute Gasteiger partial charge is 0.264 e. The molecule has 0 spiro atoms. The third-order valence-electron chi connectivity index (χ3n) is 6.18. The number of β-lactam (4-membered cyclic amide) rings is 1. The van der Waals surface area contributed by atoms with Crippen molar-refractivity contribution in [3.05, 3.63) is 87.7 Å². The number of carbonyl (C=O) groups is 3. The molecule has 0 aliphatic carbocycles. The van der Waals surface area contributed by atoms with E-state index in [1.165, 1.54) is 18.1 Å². The number of hydrogen-bond acceptors (Lipinski definition) is 4. The molecular weight excluding hydrogens is 673 g/mol. The van der Waals surface area contributed by atoms with Crippen LogP contribution in [0.2, 0.25) is 30.1 Å². The number of amides is 3. The van der Waals surface area contributed by atoms with Crippen LogP contribution in [0.15, 0.2) is 40.9 Å². The number of nitrogens with zero attached hydrogens (tertiary/aromatic N) is 2. The average Bonchev–Trinajstić information content (AvgIpc) is 3.12. The Morgan fingerprint density at radius 3 is 1.84 bits per heavy atom. The van der Waals surface area contributed by atoms with Crippen LogP contribution >= 0.6 is 85.5 Å². The Morgan fingerprint density at radius 1 is 0.730 bits per heavy atom. The molecule has 2 heterocycles. The van der Waals surface area contributed by atoms with Gasteiger partial charge < -0.3 is 9.64 Å². The lowest BCUT2D eigenvalue weighted by Gasteiger charge is -2.49. The molecule has 0 saturated carbocycles. The molecule has 1 fully saturated rings. The van der Waals surface area contributed by atoms with Crippen LogP contribution in [0, 0.1) is 0 Å². The normalized spacial score (nSPS) is 18.9. The summed E-state index contributed by atoms with van der Waals surface area (Å²) in [5.74, 6) is -1.60. The zero-order valence-electron chi connectivity index (χ0n) is 18.3. The number of fused-ring (bicyclic) bond motifs is 1. The number of carbonyl (C=O) groups excluding carboxylic acids is 3. The van der Waals surface area contributed by atoms with E-state index in [9.17, 15) is 14.4 Å². The Balaban J connectivity index is 1.65. The molecule has 37 heavy (non-hydrogen) atoms. The fourth-order valence-corrected chi connectivity index (χ4v) is 6.33. The third-order valence-corrected chi connectivity index (χ3v) is 9.34. The SMILES string of the molecule is COc1ccc([C@@H]2[C@@H](N3C(=O)c4c(Cl)c(Cl)c(Cl)c(Cl)c4C3=O)C(=O)N2c2ccc(Cl)c(Cl)c2)cc1Br. The standard InChI is InChI=1S/C24H11BrCl6N2O4/c1-37-13-5-2-8(6-10(13)25)20-21(24(36)32(20)9-3-4-11(26)12(27)7-9)33-22(34)14-15(23(33)35)17(29)19(31)18(30)16(14)28/h2-7,20-21H,1H3/t20-,21-/m1/s1. The average molecular weight is 684 g/mol. The van der Waals surface area contributed by atoms with Crippen LogP contribution in [0.1, 0.15) is 32.3 Å². The molecule has 190 valence electrons. The Labute approximate surface area is 249 Å². The molecule has 0 bridgehead atoms. The van der Waals surface area contributed by atoms with E-state index in [1.54, 1.807) is 30.3 Å². The second kappa shape index (κ2) is 9.79. The van der Waals surface area contributed by atoms with Crippen molar-refractivity contribution in [1.29, 1.82) is 0 Å². The highest BCUT2D eigenvalue weighted by Crippen LogP contribution is 2.50. The molecule has 3 aromatic rings. The summed E-state index contributed by atoms with van der Waals surface area (Å²) < 4.78 is 5.92. The van der Waals surface area contributed by atoms with Crippen molar-refractivity contribution in [2.24, 2.45) is 0 Å². The first-order valence-electron chi connectivity index (χ1n) is 10.3. The van der Waals surface area contributed by atoms with Gasteiger partial charge in [-0.1, -0.05) is 75.7 Å². The molecule has 0 N–H and O–H groups in total. The van der Waals surface area contributed by atoms with Crippen LogP contribution < -0.4 is 9.64 Å². The summed E-state index contributed by atoms with van der Waals surface area (Å²) in [6, 6.07) is 7.82. The van der Waals surface area contributed by atoms with Gasteiger partial charge in [0.25, 0.3) is 17.7 Å². The summed E-state index contributed by atoms with van der Waals surface area (Å²) >= 11 is 40.6. The first-order valence-corrected chi connectivity index (χ1v) is 13.4. The van der Waals surface area contributed by atoms with Crippen LogP contribution in [-0.2, 0) is 4.79 Å². The minimum atomic E-state index is -1.23. The van der Waals surface area contributed by atoms with Gasteiger partial charge in [-0.3, -0.25) is 19.3 Å². The van der Waals surface area contributed by atoms with Gasteiger partial charge in [0, 0.05) is 5.69 Å². The predicted molar refractivity (Wildman–Crippen MR) is 148 cm³/mol. The number of rotatable bonds is 4. The van der Waals surface area contributed by atoms with E-state index in [-0.39, 0.29) is 36.2 Å². The van der Waals surface area contributed by atoms with Gasteiger partial charge in [-0.2, -0.15) is 0 Å². The highest BCUT2D eigenvalue weighted by molar-refractivity contribution is 9.10. The number of ether oxygens (including phenoxy) is 1. The van der Waals surface area contributed by atoms with Gasteiger partial charge >= 0.3 is 0 Å². The van der Waals surface area contributed by atoms with Crippen molar-refractivity contribution in [3.63, 3.8) is 0 Å². The number of imide groups is 1. The monoisotopic (exact) mass is 680 g/mol. The summed E-state index contributed by atoms with van der Waals surface area (Å²) in [5.41, 5.74) is 0.613. The molecule has 6 nitrogen and oxygen atoms in total. The van der Waals surface area contributed by atoms with E-state index < -0.39 is 29.8 Å². The van der Waals surface area contributed by atoms with Crippen molar-refractivity contribution in [2.75, 3.05) is 12.0 Å². The van der Waals surface area contributed by atoms with Crippen LogP contribution in [0.25, 0.3) is 0 Å². The van der Waals surface area contributed by atoms with Crippen molar-refractivity contribution < 1.29 is 19.1 Å². The summed E-state index contributed by atoms with van der Waals surface area (Å²) in [4.78, 5) is 43.0. The molecule has 0 radical (unpaired) electrons. The molecule has 2 aliphatic heterocycles. The molecule has 13 heteroatoms. The van der Waals surface area contributed by atoms with Gasteiger partial charge in [-0.25, -0.2) is 0 Å². The molecule has 3 amide bonds. The zero-order chi connectivity index (χ0) is 26.9. The lowest BCUT2D eigenvalue weighted by atomic mass is 9.86. The summed E-state index contributed by atoms with van der Waals surface area (Å²) in [7, 11) is 1.51. The van der Waals surface area contributed by atoms with Crippen molar-refractivity contribution in [3.8, 4) is 5.75 Å². The van der Waals surface area contributed by atoms with Gasteiger partial charge in [-0.15, -0.1) is 0 Å². The van der Waals surface area contributed by atoms with E-state index in [4.69, 9.17) is 74.3 Å². The largest absolute Gasteiger partial charge is 0.496 e. The lowest BCUT2D eigenvalue weighted by Crippen LogP contribution is -2.67. The van der Waals surface area contributed by atoms with Gasteiger partial charge in [0.15, 0.2) is 0 Å². The first kappa shape index (κ1) is 26.9. The highest BCUT2D eigenvalue weighted by Gasteiger charge is 2.58. The van der Waals surface area contributed by atoms with Gasteiger partial charge in [0.1, 0.15) is 11.8 Å². The van der Waals surface area contributed by atoms with Crippen molar-refractivity contribution >= 4 is 109 Å². The predicted octanol–water partition coefficient (Wildman–Crippen LogP) is 8.13. The summed E-state index contributed by atoms with van der Waals surface area (Å²) in [6.07, 6.45) is 0. The molecule has 1 saturated heterocycles. The minimum Gasteiger partial charge on any atom is -0.496 e. The quantitative estimate of drug-likeness (QED) is 0.121. The molecular formula is C24H11BrCl6N2O4. The van der Waals surface area contributed by atoms with E-state index in [0.29, 0.717) is 26.5 Å². The van der Waals surface area contributed by atoms with E-state index in [1.807, 2.05) is 0 Å². The molecule has 5 rings (SSSR count). The highest BCUT2D eigenvalue weighted by atomic mass is 79.9. The third kappa shape index (κ3) is 4.02. The Morgan fingerprint density at radius 2 is 1.32 bits per heavy atom. The fraction of sp³-hybridized carbons (Fsp3) is 0.125. The second-order valence-electron chi connectivity index (χ2n) is 8.08.